The highest BCUT2D eigenvalue weighted by molar-refractivity contribution is 6.08. The number of hydrogen-bond donors (Lipinski definition) is 1. The molecule has 3 nitrogen and oxygen atoms in total. The van der Waals surface area contributed by atoms with Gasteiger partial charge in [-0.25, -0.2) is 0 Å². The van der Waals surface area contributed by atoms with Crippen LogP contribution in [-0.2, 0) is 6.54 Å². The van der Waals surface area contributed by atoms with Crippen molar-refractivity contribution in [1.29, 1.82) is 0 Å². The van der Waals surface area contributed by atoms with Gasteiger partial charge in [0.2, 0.25) is 0 Å². The zero-order chi connectivity index (χ0) is 24.3. The smallest absolute Gasteiger partial charge is 0.0708 e. The predicted octanol–water partition coefficient (Wildman–Crippen LogP) is 8.15. The Morgan fingerprint density at radius 2 is 1.50 bits per heavy atom. The van der Waals surface area contributed by atoms with Crippen molar-refractivity contribution in [2.75, 3.05) is 5.32 Å². The summed E-state index contributed by atoms with van der Waals surface area (Å²) in [6.45, 7) is 13.9. The number of nitrogens with one attached hydrogen (secondary N) is 1. The van der Waals surface area contributed by atoms with E-state index in [0.717, 1.165) is 33.6 Å². The van der Waals surface area contributed by atoms with Gasteiger partial charge in [0.1, 0.15) is 0 Å². The van der Waals surface area contributed by atoms with Crippen molar-refractivity contribution in [2.45, 2.75) is 53.6 Å². The van der Waals surface area contributed by atoms with E-state index in [1.165, 1.54) is 10.9 Å². The molecule has 34 heavy (non-hydrogen) atoms. The number of rotatable bonds is 5. The maximum Gasteiger partial charge on any atom is 0.0708 e. The number of aliphatic imine (C=N–C) groups is 1. The molecular weight excluding hydrogens is 414 g/mol. The van der Waals surface area contributed by atoms with Crippen LogP contribution in [0.1, 0.15) is 52.7 Å². The van der Waals surface area contributed by atoms with E-state index in [9.17, 15) is 0 Å². The number of para-hydroxylation sites is 1. The summed E-state index contributed by atoms with van der Waals surface area (Å²) in [5, 5.41) is 6.02. The number of anilines is 1. The molecule has 0 saturated heterocycles. The largest absolute Gasteiger partial charge is 0.380 e. The lowest BCUT2D eigenvalue weighted by atomic mass is 9.84. The molecule has 1 heterocycles. The Bertz CT molecular complexity index is 1320. The van der Waals surface area contributed by atoms with Crippen LogP contribution in [0, 0.1) is 5.41 Å². The van der Waals surface area contributed by atoms with E-state index in [1.54, 1.807) is 0 Å². The molecule has 4 rings (SSSR count). The first kappa shape index (κ1) is 23.7. The Morgan fingerprint density at radius 1 is 0.794 bits per heavy atom. The number of aromatic nitrogens is 1. The summed E-state index contributed by atoms with van der Waals surface area (Å²) in [7, 11) is 0. The Hall–Kier alpha value is -3.46. The van der Waals surface area contributed by atoms with Crippen molar-refractivity contribution >= 4 is 22.2 Å². The maximum absolute atomic E-state index is 5.17. The summed E-state index contributed by atoms with van der Waals surface area (Å²) in [5.41, 5.74) is 6.55. The molecule has 0 aliphatic carbocycles. The average Bonchev–Trinajstić information content (AvgIpc) is 2.78. The van der Waals surface area contributed by atoms with Crippen LogP contribution in [0.15, 0.2) is 90.1 Å². The van der Waals surface area contributed by atoms with Crippen molar-refractivity contribution in [2.24, 2.45) is 10.4 Å². The number of benzene rings is 3. The van der Waals surface area contributed by atoms with Crippen LogP contribution in [0.2, 0.25) is 0 Å². The molecule has 1 aromatic heterocycles. The van der Waals surface area contributed by atoms with Gasteiger partial charge >= 0.3 is 0 Å². The van der Waals surface area contributed by atoms with Crippen LogP contribution in [-0.4, -0.2) is 16.2 Å². The van der Waals surface area contributed by atoms with E-state index >= 15 is 0 Å². The van der Waals surface area contributed by atoms with Crippen LogP contribution in [0.3, 0.4) is 0 Å². The van der Waals surface area contributed by atoms with Gasteiger partial charge in [-0.1, -0.05) is 81.4 Å². The second-order valence-corrected chi connectivity index (χ2v) is 11.0. The van der Waals surface area contributed by atoms with Crippen LogP contribution >= 0.6 is 0 Å². The third-order valence-electron chi connectivity index (χ3n) is 5.68. The molecule has 174 valence electrons. The van der Waals surface area contributed by atoms with E-state index in [2.05, 4.69) is 120 Å². The third-order valence-corrected chi connectivity index (χ3v) is 5.68. The van der Waals surface area contributed by atoms with Gasteiger partial charge in [0.05, 0.1) is 12.2 Å². The first-order valence-electron chi connectivity index (χ1n) is 12.0. The molecule has 3 heteroatoms. The topological polar surface area (TPSA) is 37.3 Å². The summed E-state index contributed by atoms with van der Waals surface area (Å²) in [6, 6.07) is 27.6. The lowest BCUT2D eigenvalue weighted by Gasteiger charge is -2.28. The summed E-state index contributed by atoms with van der Waals surface area (Å²) in [6.07, 6.45) is 1.95. The maximum atomic E-state index is 5.17. The Morgan fingerprint density at radius 3 is 2.24 bits per heavy atom. The zero-order valence-electron chi connectivity index (χ0n) is 21.2. The van der Waals surface area contributed by atoms with Crippen LogP contribution in [0.4, 0.5) is 5.69 Å². The quantitative estimate of drug-likeness (QED) is 0.312. The van der Waals surface area contributed by atoms with Gasteiger partial charge in [-0.15, -0.1) is 0 Å². The first-order chi connectivity index (χ1) is 16.1. The SMILES string of the molecule is CC(C)(C)Nc1ccccc1C(=NCc1cccc(-c2cc3ccccc3cn2)c1)C(C)(C)C. The minimum atomic E-state index is -0.0901. The minimum absolute atomic E-state index is 0.0275. The lowest BCUT2D eigenvalue weighted by molar-refractivity contribution is 0.587. The average molecular weight is 450 g/mol. The summed E-state index contributed by atoms with van der Waals surface area (Å²) >= 11 is 0. The van der Waals surface area contributed by atoms with Crippen molar-refractivity contribution in [1.82, 2.24) is 4.98 Å². The summed E-state index contributed by atoms with van der Waals surface area (Å²) < 4.78 is 0. The molecule has 4 aromatic rings. The normalized spacial score (nSPS) is 12.7. The van der Waals surface area contributed by atoms with Gasteiger partial charge in [0.25, 0.3) is 0 Å². The van der Waals surface area contributed by atoms with Gasteiger partial charge in [-0.3, -0.25) is 9.98 Å². The van der Waals surface area contributed by atoms with Gasteiger partial charge in [0, 0.05) is 45.1 Å². The van der Waals surface area contributed by atoms with E-state index in [0.29, 0.717) is 6.54 Å². The number of nitrogens with zero attached hydrogens (tertiary/aromatic N) is 2. The number of hydrogen-bond acceptors (Lipinski definition) is 3. The fraction of sp³-hybridized carbons (Fsp3) is 0.290. The Labute approximate surface area is 204 Å². The van der Waals surface area contributed by atoms with Crippen LogP contribution in [0.25, 0.3) is 22.0 Å². The molecule has 3 aromatic carbocycles. The van der Waals surface area contributed by atoms with E-state index in [4.69, 9.17) is 9.98 Å². The van der Waals surface area contributed by atoms with Crippen molar-refractivity contribution in [3.63, 3.8) is 0 Å². The molecule has 0 fully saturated rings. The van der Waals surface area contributed by atoms with Gasteiger partial charge in [-0.05, 0) is 49.9 Å². The monoisotopic (exact) mass is 449 g/mol. The summed E-state index contributed by atoms with van der Waals surface area (Å²) in [4.78, 5) is 9.87. The molecule has 0 aliphatic rings. The van der Waals surface area contributed by atoms with E-state index in [1.807, 2.05) is 12.3 Å². The van der Waals surface area contributed by atoms with Crippen LogP contribution in [0.5, 0.6) is 0 Å². The third kappa shape index (κ3) is 5.72. The minimum Gasteiger partial charge on any atom is -0.380 e. The first-order valence-corrected chi connectivity index (χ1v) is 12.0. The second kappa shape index (κ2) is 9.42. The van der Waals surface area contributed by atoms with E-state index in [-0.39, 0.29) is 11.0 Å². The van der Waals surface area contributed by atoms with Crippen molar-refractivity contribution < 1.29 is 0 Å². The zero-order valence-corrected chi connectivity index (χ0v) is 21.2. The van der Waals surface area contributed by atoms with Crippen LogP contribution < -0.4 is 5.32 Å². The highest BCUT2D eigenvalue weighted by Gasteiger charge is 2.24. The van der Waals surface area contributed by atoms with Gasteiger partial charge in [0.15, 0.2) is 0 Å². The molecule has 0 aliphatic heterocycles. The highest BCUT2D eigenvalue weighted by Crippen LogP contribution is 2.30. The second-order valence-electron chi connectivity index (χ2n) is 11.0. The predicted molar refractivity (Wildman–Crippen MR) is 147 cm³/mol. The molecule has 0 spiro atoms. The van der Waals surface area contributed by atoms with Crippen molar-refractivity contribution in [3.05, 3.63) is 96.2 Å². The van der Waals surface area contributed by atoms with Gasteiger partial charge in [-0.2, -0.15) is 0 Å². The molecule has 0 saturated carbocycles. The molecule has 0 unspecified atom stereocenters. The molecule has 0 amide bonds. The number of fused-ring (bicyclic) bond motifs is 1. The van der Waals surface area contributed by atoms with Crippen molar-refractivity contribution in [3.8, 4) is 11.3 Å². The Kier molecular flexibility index (Phi) is 6.56. The van der Waals surface area contributed by atoms with Gasteiger partial charge < -0.3 is 5.32 Å². The molecule has 0 radical (unpaired) electrons. The Balaban J connectivity index is 1.67. The molecular formula is C31H35N3. The lowest BCUT2D eigenvalue weighted by Crippen LogP contribution is -2.29. The fourth-order valence-electron chi connectivity index (χ4n) is 4.17. The molecule has 0 bridgehead atoms. The highest BCUT2D eigenvalue weighted by atomic mass is 15.0. The number of pyridine rings is 1. The fourth-order valence-corrected chi connectivity index (χ4v) is 4.17. The standard InChI is InChI=1S/C31H35N3/c1-30(2,3)29(26-16-9-10-17-27(26)34-31(4,5)6)33-20-22-12-11-15-24(18-22)28-19-23-13-7-8-14-25(23)21-32-28/h7-19,21,34H,20H2,1-6H3. The molecule has 1 N–H and O–H groups in total. The summed E-state index contributed by atoms with van der Waals surface area (Å²) in [5.74, 6) is 0. The molecule has 0 atom stereocenters. The van der Waals surface area contributed by atoms with E-state index < -0.39 is 0 Å².